The maximum Gasteiger partial charge on any atom is 0.119 e. The molecule has 0 fully saturated rings. The van der Waals surface area contributed by atoms with Crippen LogP contribution in [-0.4, -0.2) is 0 Å². The van der Waals surface area contributed by atoms with Crippen LogP contribution in [0.3, 0.4) is 0 Å². The fourth-order valence-corrected chi connectivity index (χ4v) is 11.6. The van der Waals surface area contributed by atoms with Gasteiger partial charge in [0.1, 0.15) is 12.4 Å². The van der Waals surface area contributed by atoms with Gasteiger partial charge >= 0.3 is 0 Å². The smallest absolute Gasteiger partial charge is 0.119 e. The summed E-state index contributed by atoms with van der Waals surface area (Å²) in [5.41, 5.74) is 21.8. The van der Waals surface area contributed by atoms with E-state index in [0.29, 0.717) is 12.5 Å². The largest absolute Gasteiger partial charge is 0.489 e. The van der Waals surface area contributed by atoms with Gasteiger partial charge in [0.15, 0.2) is 0 Å². The second-order valence-corrected chi connectivity index (χ2v) is 22.1. The first-order valence-corrected chi connectivity index (χ1v) is 27.9. The number of hydrogen-bond acceptors (Lipinski definition) is 3. The summed E-state index contributed by atoms with van der Waals surface area (Å²) in [6, 6.07) is 102. The standard InChI is InChI=1S/C76H66N2O/c1-6-54(2)56-29-27-55(28-30-56)53-79-70-47-41-63(42-48-70)76(62-39-37-61(38-40-62)75(3,4)5)73-51-59(57-31-43-68(44-32-57)77(64-19-11-7-12-20-64)65-21-13-8-14-22-65)35-49-71(73)72-50-36-60(52-74(72)76)58-33-45-69(46-34-58)78(66-23-15-9-16-24-66)67-25-17-10-18-26-67/h7-52,54H,6,53H2,1-5H3. The number of ether oxygens (including phenoxy) is 1. The van der Waals surface area contributed by atoms with E-state index in [1.54, 1.807) is 0 Å². The van der Waals surface area contributed by atoms with Crippen molar-refractivity contribution in [2.45, 2.75) is 64.4 Å². The molecule has 0 aromatic heterocycles. The summed E-state index contributed by atoms with van der Waals surface area (Å²) in [4.78, 5) is 4.64. The lowest BCUT2D eigenvalue weighted by Crippen LogP contribution is -2.29. The maximum atomic E-state index is 6.58. The number of benzene rings is 11. The highest BCUT2D eigenvalue weighted by Crippen LogP contribution is 2.58. The first-order chi connectivity index (χ1) is 38.6. The first kappa shape index (κ1) is 50.6. The molecule has 1 aliphatic carbocycles. The number of para-hydroxylation sites is 4. The van der Waals surface area contributed by atoms with Crippen molar-refractivity contribution in [3.63, 3.8) is 0 Å². The molecule has 0 radical (unpaired) electrons. The number of rotatable bonds is 15. The lowest BCUT2D eigenvalue weighted by molar-refractivity contribution is 0.306. The molecule has 11 aromatic carbocycles. The van der Waals surface area contributed by atoms with Gasteiger partial charge in [0, 0.05) is 34.1 Å². The van der Waals surface area contributed by atoms with Crippen LogP contribution in [0.25, 0.3) is 33.4 Å². The van der Waals surface area contributed by atoms with Crippen molar-refractivity contribution >= 4 is 34.1 Å². The van der Waals surface area contributed by atoms with E-state index in [1.807, 2.05) is 0 Å². The normalized spacial score (nSPS) is 12.8. The van der Waals surface area contributed by atoms with Gasteiger partial charge in [-0.25, -0.2) is 0 Å². The molecule has 79 heavy (non-hydrogen) atoms. The molecule has 0 amide bonds. The number of fused-ring (bicyclic) bond motifs is 3. The van der Waals surface area contributed by atoms with E-state index in [2.05, 4.69) is 323 Å². The van der Waals surface area contributed by atoms with Gasteiger partial charge in [-0.15, -0.1) is 0 Å². The molecule has 3 nitrogen and oxygen atoms in total. The number of anilines is 6. The highest BCUT2D eigenvalue weighted by molar-refractivity contribution is 5.91. The minimum Gasteiger partial charge on any atom is -0.489 e. The molecule has 0 N–H and O–H groups in total. The number of nitrogens with zero attached hydrogens (tertiary/aromatic N) is 2. The highest BCUT2D eigenvalue weighted by atomic mass is 16.5. The van der Waals surface area contributed by atoms with E-state index >= 15 is 0 Å². The molecule has 12 rings (SSSR count). The molecule has 0 spiro atoms. The van der Waals surface area contributed by atoms with Crippen LogP contribution in [0.1, 0.15) is 85.9 Å². The third-order valence-corrected chi connectivity index (χ3v) is 16.2. The van der Waals surface area contributed by atoms with E-state index in [1.165, 1.54) is 44.5 Å². The molecule has 1 unspecified atom stereocenters. The Hall–Kier alpha value is -9.18. The zero-order valence-corrected chi connectivity index (χ0v) is 45.9. The molecule has 0 aliphatic heterocycles. The Kier molecular flexibility index (Phi) is 13.9. The average Bonchev–Trinajstić information content (AvgIpc) is 3.87. The van der Waals surface area contributed by atoms with Crippen molar-refractivity contribution in [1.29, 1.82) is 0 Å². The molecular weight excluding hydrogens is 957 g/mol. The van der Waals surface area contributed by atoms with Crippen LogP contribution in [0.5, 0.6) is 5.75 Å². The molecule has 1 atom stereocenters. The molecule has 0 bridgehead atoms. The highest BCUT2D eigenvalue weighted by Gasteiger charge is 2.47. The fourth-order valence-electron chi connectivity index (χ4n) is 11.6. The summed E-state index contributed by atoms with van der Waals surface area (Å²) >= 11 is 0. The molecule has 0 saturated carbocycles. The minimum atomic E-state index is -0.688. The number of hydrogen-bond donors (Lipinski definition) is 0. The van der Waals surface area contributed by atoms with Crippen LogP contribution >= 0.6 is 0 Å². The van der Waals surface area contributed by atoms with Gasteiger partial charge in [0.2, 0.25) is 0 Å². The molecule has 11 aromatic rings. The van der Waals surface area contributed by atoms with Crippen molar-refractivity contribution in [3.05, 3.63) is 318 Å². The second-order valence-electron chi connectivity index (χ2n) is 22.1. The summed E-state index contributed by atoms with van der Waals surface area (Å²) in [7, 11) is 0. The van der Waals surface area contributed by atoms with Crippen molar-refractivity contribution < 1.29 is 4.74 Å². The Morgan fingerprint density at radius 3 is 1.14 bits per heavy atom. The summed E-state index contributed by atoms with van der Waals surface area (Å²) in [6.07, 6.45) is 1.12. The van der Waals surface area contributed by atoms with Crippen molar-refractivity contribution in [1.82, 2.24) is 0 Å². The van der Waals surface area contributed by atoms with Crippen LogP contribution in [0.2, 0.25) is 0 Å². The van der Waals surface area contributed by atoms with Gasteiger partial charge in [0.25, 0.3) is 0 Å². The van der Waals surface area contributed by atoms with E-state index in [9.17, 15) is 0 Å². The van der Waals surface area contributed by atoms with Gasteiger partial charge in [-0.2, -0.15) is 0 Å². The quantitative estimate of drug-likeness (QED) is 0.102. The van der Waals surface area contributed by atoms with Crippen LogP contribution in [-0.2, 0) is 17.4 Å². The van der Waals surface area contributed by atoms with Gasteiger partial charge in [-0.1, -0.05) is 217 Å². The van der Waals surface area contributed by atoms with E-state index in [0.717, 1.165) is 74.1 Å². The van der Waals surface area contributed by atoms with Crippen molar-refractivity contribution in [2.75, 3.05) is 9.80 Å². The van der Waals surface area contributed by atoms with Gasteiger partial charge in [-0.05, 0) is 187 Å². The van der Waals surface area contributed by atoms with Crippen LogP contribution in [0, 0.1) is 0 Å². The maximum absolute atomic E-state index is 6.58. The van der Waals surface area contributed by atoms with Crippen molar-refractivity contribution in [3.8, 4) is 39.1 Å². The topological polar surface area (TPSA) is 15.7 Å². The summed E-state index contributed by atoms with van der Waals surface area (Å²) in [5.74, 6) is 1.37. The monoisotopic (exact) mass is 1020 g/mol. The molecule has 386 valence electrons. The molecular formula is C76H66N2O. The molecule has 1 aliphatic rings. The van der Waals surface area contributed by atoms with Crippen LogP contribution in [0.15, 0.2) is 279 Å². The lowest BCUT2D eigenvalue weighted by atomic mass is 9.66. The average molecular weight is 1020 g/mol. The third-order valence-electron chi connectivity index (χ3n) is 16.2. The Labute approximate surface area is 467 Å². The molecule has 3 heteroatoms. The summed E-state index contributed by atoms with van der Waals surface area (Å²) in [6.45, 7) is 11.9. The third kappa shape index (κ3) is 9.94. The van der Waals surface area contributed by atoms with E-state index < -0.39 is 5.41 Å². The predicted molar refractivity (Wildman–Crippen MR) is 332 cm³/mol. The minimum absolute atomic E-state index is 0.0173. The Balaban J connectivity index is 0.991. The fraction of sp³-hybridized carbons (Fsp3) is 0.132. The van der Waals surface area contributed by atoms with Crippen LogP contribution < -0.4 is 14.5 Å². The Bertz CT molecular complexity index is 3560. The summed E-state index contributed by atoms with van der Waals surface area (Å²) < 4.78 is 6.58. The zero-order chi connectivity index (χ0) is 53.9. The van der Waals surface area contributed by atoms with Gasteiger partial charge < -0.3 is 14.5 Å². The Morgan fingerprint density at radius 1 is 0.392 bits per heavy atom. The second kappa shape index (κ2) is 21.7. The van der Waals surface area contributed by atoms with Gasteiger partial charge in [-0.3, -0.25) is 0 Å². The first-order valence-electron chi connectivity index (χ1n) is 27.9. The van der Waals surface area contributed by atoms with E-state index in [4.69, 9.17) is 4.74 Å². The lowest BCUT2D eigenvalue weighted by Gasteiger charge is -2.35. The summed E-state index contributed by atoms with van der Waals surface area (Å²) in [5, 5.41) is 0. The molecule has 0 saturated heterocycles. The molecule has 0 heterocycles. The van der Waals surface area contributed by atoms with Gasteiger partial charge in [0.05, 0.1) is 5.41 Å². The van der Waals surface area contributed by atoms with E-state index in [-0.39, 0.29) is 5.41 Å². The zero-order valence-electron chi connectivity index (χ0n) is 45.9. The van der Waals surface area contributed by atoms with Crippen molar-refractivity contribution in [2.24, 2.45) is 0 Å². The Morgan fingerprint density at radius 2 is 0.759 bits per heavy atom. The SMILES string of the molecule is CCC(C)c1ccc(COc2ccc(C3(c4ccc(C(C)(C)C)cc4)c4cc(-c5ccc(N(c6ccccc6)c6ccccc6)cc5)ccc4-c4ccc(-c5ccc(N(c6ccccc6)c6ccccc6)cc5)cc43)cc2)cc1. The van der Waals surface area contributed by atoms with Crippen LogP contribution in [0.4, 0.5) is 34.1 Å². The predicted octanol–water partition coefficient (Wildman–Crippen LogP) is 20.7.